The molecule has 0 bridgehead atoms. The van der Waals surface area contributed by atoms with Crippen LogP contribution in [-0.2, 0) is 0 Å². The van der Waals surface area contributed by atoms with Crippen molar-refractivity contribution in [3.8, 4) is 5.88 Å². The van der Waals surface area contributed by atoms with Gasteiger partial charge < -0.3 is 10.4 Å². The summed E-state index contributed by atoms with van der Waals surface area (Å²) in [6.07, 6.45) is 6.57. The van der Waals surface area contributed by atoms with E-state index in [9.17, 15) is 5.11 Å². The molecule has 1 aliphatic heterocycles. The van der Waals surface area contributed by atoms with Crippen LogP contribution in [0.25, 0.3) is 12.2 Å². The molecule has 146 valence electrons. The highest BCUT2D eigenvalue weighted by atomic mass is 32.1. The fraction of sp³-hybridized carbons (Fsp3) is 0.136. The summed E-state index contributed by atoms with van der Waals surface area (Å²) in [6, 6.07) is 16.7. The molecule has 7 heteroatoms. The summed E-state index contributed by atoms with van der Waals surface area (Å²) in [5, 5.41) is 23.8. The van der Waals surface area contributed by atoms with Crippen molar-refractivity contribution in [1.82, 2.24) is 4.98 Å². The van der Waals surface area contributed by atoms with Gasteiger partial charge in [0.2, 0.25) is 5.88 Å². The van der Waals surface area contributed by atoms with E-state index in [0.717, 1.165) is 32.6 Å². The first-order chi connectivity index (χ1) is 13.7. The zero-order valence-electron chi connectivity index (χ0n) is 15.7. The maximum absolute atomic E-state index is 10.2. The van der Waals surface area contributed by atoms with Crippen LogP contribution in [0.4, 0.5) is 5.13 Å². The number of nitrogens with one attached hydrogen (secondary N) is 2. The number of hydrogen-bond donors (Lipinski definition) is 3. The fourth-order valence-electron chi connectivity index (χ4n) is 3.45. The lowest BCUT2D eigenvalue weighted by molar-refractivity contribution is 0.456. The van der Waals surface area contributed by atoms with Gasteiger partial charge in [-0.15, -0.1) is 0 Å². The highest BCUT2D eigenvalue weighted by Crippen LogP contribution is 2.43. The second kappa shape index (κ2) is 7.90. The Morgan fingerprint density at radius 1 is 1.14 bits per heavy atom. The van der Waals surface area contributed by atoms with E-state index in [2.05, 4.69) is 39.6 Å². The average Bonchev–Trinajstić information content (AvgIpc) is 3.38. The van der Waals surface area contributed by atoms with Crippen molar-refractivity contribution in [2.24, 2.45) is 4.99 Å². The first kappa shape index (κ1) is 19.5. The number of anilines is 1. The largest absolute Gasteiger partial charge is 0.492 e. The molecule has 0 saturated heterocycles. The molecule has 1 saturated carbocycles. The molecule has 1 unspecified atom stereocenters. The summed E-state index contributed by atoms with van der Waals surface area (Å²) in [4.78, 5) is 9.21. The third-order valence-corrected chi connectivity index (χ3v) is 5.90. The van der Waals surface area contributed by atoms with Gasteiger partial charge in [-0.1, -0.05) is 47.7 Å². The smallest absolute Gasteiger partial charge is 0.231 e. The molecule has 2 aromatic carbocycles. The SMILES string of the molecule is N=C1C=Cc2cc(=Cc3sc(N[C@@H]4C[C@H]4c4ccccc4)nc3O)ccc2=N1.P. The quantitative estimate of drug-likeness (QED) is 0.567. The highest BCUT2D eigenvalue weighted by Gasteiger charge is 2.38. The third-order valence-electron chi connectivity index (χ3n) is 4.97. The zero-order valence-corrected chi connectivity index (χ0v) is 17.9. The lowest BCUT2D eigenvalue weighted by atomic mass is 10.1. The van der Waals surface area contributed by atoms with E-state index in [-0.39, 0.29) is 21.6 Å². The van der Waals surface area contributed by atoms with Crippen molar-refractivity contribution < 1.29 is 5.11 Å². The lowest BCUT2D eigenvalue weighted by Crippen LogP contribution is -2.16. The molecule has 3 N–H and O–H groups in total. The number of fused-ring (bicyclic) bond motifs is 1. The molecule has 3 atom stereocenters. The molecule has 1 aliphatic carbocycles. The van der Waals surface area contributed by atoms with Crippen LogP contribution < -0.4 is 15.9 Å². The Labute approximate surface area is 175 Å². The molecule has 1 fully saturated rings. The fourth-order valence-corrected chi connectivity index (χ4v) is 4.33. The van der Waals surface area contributed by atoms with Gasteiger partial charge in [0, 0.05) is 17.5 Å². The van der Waals surface area contributed by atoms with E-state index in [0.29, 0.717) is 12.0 Å². The number of hydrogen-bond acceptors (Lipinski definition) is 5. The molecule has 0 spiro atoms. The maximum Gasteiger partial charge on any atom is 0.231 e. The van der Waals surface area contributed by atoms with Gasteiger partial charge in [-0.2, -0.15) is 14.9 Å². The Morgan fingerprint density at radius 2 is 1.97 bits per heavy atom. The Balaban J connectivity index is 0.00000205. The van der Waals surface area contributed by atoms with Crippen LogP contribution in [-0.4, -0.2) is 22.0 Å². The van der Waals surface area contributed by atoms with E-state index >= 15 is 0 Å². The summed E-state index contributed by atoms with van der Waals surface area (Å²) in [5.74, 6) is 0.813. The van der Waals surface area contributed by atoms with Gasteiger partial charge >= 0.3 is 0 Å². The van der Waals surface area contributed by atoms with Crippen molar-refractivity contribution in [3.05, 3.63) is 81.2 Å². The van der Waals surface area contributed by atoms with Gasteiger partial charge in [0.05, 0.1) is 10.2 Å². The van der Waals surface area contributed by atoms with Crippen LogP contribution in [0.2, 0.25) is 0 Å². The predicted octanol–water partition coefficient (Wildman–Crippen LogP) is 3.33. The minimum Gasteiger partial charge on any atom is -0.492 e. The predicted molar refractivity (Wildman–Crippen MR) is 124 cm³/mol. The average molecular weight is 420 g/mol. The molecule has 2 heterocycles. The molecule has 0 amide bonds. The summed E-state index contributed by atoms with van der Waals surface area (Å²) in [5.41, 5.74) is 2.31. The minimum absolute atomic E-state index is 0. The van der Waals surface area contributed by atoms with Crippen molar-refractivity contribution >= 4 is 44.4 Å². The van der Waals surface area contributed by atoms with Crippen LogP contribution in [0.3, 0.4) is 0 Å². The van der Waals surface area contributed by atoms with Crippen molar-refractivity contribution in [2.75, 3.05) is 5.32 Å². The number of nitrogens with zero attached hydrogens (tertiary/aromatic N) is 2. The van der Waals surface area contributed by atoms with E-state index in [1.54, 1.807) is 6.08 Å². The summed E-state index contributed by atoms with van der Waals surface area (Å²) in [6.45, 7) is 0. The van der Waals surface area contributed by atoms with Gasteiger partial charge in [-0.25, -0.2) is 4.99 Å². The standard InChI is InChI=1S/C22H18N4OS.H3P/c23-20-9-7-15-10-13(6-8-17(15)24-20)11-19-21(27)26-22(28-19)25-18-12-16(18)14-4-2-1-3-5-14;/h1-11,16,18,23,27H,12H2,(H,25,26);1H3/t16-,18+;/m0./s1. The van der Waals surface area contributed by atoms with Gasteiger partial charge in [-0.05, 0) is 47.6 Å². The number of amidine groups is 1. The van der Waals surface area contributed by atoms with Crippen molar-refractivity contribution in [2.45, 2.75) is 18.4 Å². The molecule has 0 radical (unpaired) electrons. The van der Waals surface area contributed by atoms with Gasteiger partial charge in [0.15, 0.2) is 5.13 Å². The second-order valence-corrected chi connectivity index (χ2v) is 8.03. The zero-order chi connectivity index (χ0) is 19.1. The van der Waals surface area contributed by atoms with Crippen LogP contribution in [0.15, 0.2) is 59.6 Å². The van der Waals surface area contributed by atoms with Gasteiger partial charge in [0.1, 0.15) is 5.84 Å². The lowest BCUT2D eigenvalue weighted by Gasteiger charge is -2.01. The summed E-state index contributed by atoms with van der Waals surface area (Å²) < 4.78 is 0. The van der Waals surface area contributed by atoms with Crippen molar-refractivity contribution in [1.29, 1.82) is 5.41 Å². The monoisotopic (exact) mass is 420 g/mol. The number of aromatic hydroxyl groups is 1. The molecular formula is C22H21N4OPS. The molecule has 29 heavy (non-hydrogen) atoms. The molecule has 1 aromatic heterocycles. The Bertz CT molecular complexity index is 1220. The number of rotatable bonds is 4. The number of thiazole rings is 1. The minimum atomic E-state index is 0. The number of benzene rings is 2. The van der Waals surface area contributed by atoms with Crippen molar-refractivity contribution in [3.63, 3.8) is 0 Å². The van der Waals surface area contributed by atoms with E-state index < -0.39 is 0 Å². The van der Waals surface area contributed by atoms with Gasteiger partial charge in [0.25, 0.3) is 0 Å². The van der Waals surface area contributed by atoms with Gasteiger partial charge in [-0.3, -0.25) is 5.41 Å². The second-order valence-electron chi connectivity index (χ2n) is 7.00. The van der Waals surface area contributed by atoms with E-state index in [1.807, 2.05) is 36.4 Å². The normalized spacial score (nSPS) is 19.9. The third kappa shape index (κ3) is 4.14. The summed E-state index contributed by atoms with van der Waals surface area (Å²) in [7, 11) is 0. The first-order valence-electron chi connectivity index (χ1n) is 9.14. The van der Waals surface area contributed by atoms with E-state index in [4.69, 9.17) is 5.41 Å². The van der Waals surface area contributed by atoms with Crippen LogP contribution in [0, 0.1) is 5.41 Å². The maximum atomic E-state index is 10.2. The molecular weight excluding hydrogens is 399 g/mol. The topological polar surface area (TPSA) is 81.4 Å². The Morgan fingerprint density at radius 3 is 2.79 bits per heavy atom. The molecule has 5 nitrogen and oxygen atoms in total. The highest BCUT2D eigenvalue weighted by molar-refractivity contribution is 7.16. The molecule has 3 aromatic rings. The summed E-state index contributed by atoms with van der Waals surface area (Å²) >= 11 is 1.45. The molecule has 5 rings (SSSR count). The molecule has 2 aliphatic rings. The Kier molecular flexibility index (Phi) is 5.31. The van der Waals surface area contributed by atoms with Crippen LogP contribution >= 0.6 is 21.2 Å². The first-order valence-corrected chi connectivity index (χ1v) is 9.96. The van der Waals surface area contributed by atoms with Crippen LogP contribution in [0.1, 0.15) is 28.3 Å². The Hall–Kier alpha value is -2.82. The van der Waals surface area contributed by atoms with E-state index in [1.165, 1.54) is 16.9 Å². The number of aromatic nitrogens is 1. The van der Waals surface area contributed by atoms with Crippen LogP contribution in [0.5, 0.6) is 5.88 Å².